The maximum atomic E-state index is 12.2. The normalized spacial score (nSPS) is 26.7. The molecule has 1 amide bonds. The van der Waals surface area contributed by atoms with Gasteiger partial charge in [-0.15, -0.1) is 0 Å². The van der Waals surface area contributed by atoms with Gasteiger partial charge < -0.3 is 4.90 Å². The van der Waals surface area contributed by atoms with Crippen molar-refractivity contribution in [2.24, 2.45) is 5.41 Å². The van der Waals surface area contributed by atoms with E-state index in [1.807, 2.05) is 16.7 Å². The zero-order valence-electron chi connectivity index (χ0n) is 9.95. The quantitative estimate of drug-likeness (QED) is 0.702. The predicted octanol–water partition coefficient (Wildman–Crippen LogP) is 2.03. The molecule has 0 spiro atoms. The Bertz CT molecular complexity index is 341. The molecule has 2 fully saturated rings. The fourth-order valence-electron chi connectivity index (χ4n) is 2.02. The van der Waals surface area contributed by atoms with Crippen LogP contribution in [0, 0.1) is 16.7 Å². The third-order valence-electron chi connectivity index (χ3n) is 3.50. The highest BCUT2D eigenvalue weighted by Crippen LogP contribution is 2.47. The van der Waals surface area contributed by atoms with Gasteiger partial charge in [0.05, 0.1) is 6.07 Å². The second-order valence-electron chi connectivity index (χ2n) is 5.34. The van der Waals surface area contributed by atoms with Gasteiger partial charge in [0.1, 0.15) is 5.41 Å². The Labute approximate surface area is 101 Å². The third kappa shape index (κ3) is 2.20. The minimum atomic E-state index is -0.640. The second kappa shape index (κ2) is 3.96. The summed E-state index contributed by atoms with van der Waals surface area (Å²) in [6.45, 7) is 6.06. The number of amides is 1. The van der Waals surface area contributed by atoms with Gasteiger partial charge in [-0.1, -0.05) is 13.8 Å². The van der Waals surface area contributed by atoms with Crippen molar-refractivity contribution >= 4 is 17.7 Å². The SMILES string of the molecule is CC1(C)CCN(C(=O)C2(C#N)CC2)CCS1. The Morgan fingerprint density at radius 1 is 1.31 bits per heavy atom. The van der Waals surface area contributed by atoms with Crippen molar-refractivity contribution in [1.82, 2.24) is 4.90 Å². The molecule has 2 aliphatic rings. The Balaban J connectivity index is 2.01. The molecule has 88 valence electrons. The summed E-state index contributed by atoms with van der Waals surface area (Å²) in [5.41, 5.74) is -0.640. The molecule has 0 unspecified atom stereocenters. The van der Waals surface area contributed by atoms with E-state index in [1.54, 1.807) is 0 Å². The summed E-state index contributed by atoms with van der Waals surface area (Å²) in [6.07, 6.45) is 2.54. The summed E-state index contributed by atoms with van der Waals surface area (Å²) >= 11 is 1.92. The second-order valence-corrected chi connectivity index (χ2v) is 7.15. The first kappa shape index (κ1) is 11.8. The number of hydrogen-bond acceptors (Lipinski definition) is 3. The topological polar surface area (TPSA) is 44.1 Å². The molecule has 0 aromatic rings. The first-order chi connectivity index (χ1) is 7.49. The highest BCUT2D eigenvalue weighted by molar-refractivity contribution is 8.00. The molecule has 16 heavy (non-hydrogen) atoms. The molecular formula is C12H18N2OS. The van der Waals surface area contributed by atoms with Crippen LogP contribution in [-0.2, 0) is 4.79 Å². The molecule has 2 rings (SSSR count). The van der Waals surface area contributed by atoms with Crippen molar-refractivity contribution in [2.45, 2.75) is 37.9 Å². The van der Waals surface area contributed by atoms with Gasteiger partial charge in [-0.05, 0) is 19.3 Å². The van der Waals surface area contributed by atoms with Gasteiger partial charge in [0.15, 0.2) is 0 Å². The maximum Gasteiger partial charge on any atom is 0.243 e. The van der Waals surface area contributed by atoms with Crippen LogP contribution in [0.15, 0.2) is 0 Å². The lowest BCUT2D eigenvalue weighted by molar-refractivity contribution is -0.134. The first-order valence-electron chi connectivity index (χ1n) is 5.84. The lowest BCUT2D eigenvalue weighted by atomic mass is 10.1. The van der Waals surface area contributed by atoms with E-state index in [2.05, 4.69) is 19.9 Å². The van der Waals surface area contributed by atoms with Gasteiger partial charge in [-0.3, -0.25) is 4.79 Å². The highest BCUT2D eigenvalue weighted by atomic mass is 32.2. The number of nitrogens with zero attached hydrogens (tertiary/aromatic N) is 2. The predicted molar refractivity (Wildman–Crippen MR) is 65.0 cm³/mol. The minimum Gasteiger partial charge on any atom is -0.340 e. The average molecular weight is 238 g/mol. The molecule has 3 nitrogen and oxygen atoms in total. The average Bonchev–Trinajstić information content (AvgIpc) is 3.02. The standard InChI is InChI=1S/C12H18N2OS/c1-11(2)5-6-14(7-8-16-11)10(15)12(9-13)3-4-12/h3-8H2,1-2H3. The van der Waals surface area contributed by atoms with Crippen LogP contribution >= 0.6 is 11.8 Å². The molecule has 1 aliphatic carbocycles. The smallest absolute Gasteiger partial charge is 0.243 e. The van der Waals surface area contributed by atoms with Gasteiger partial charge in [-0.2, -0.15) is 17.0 Å². The van der Waals surface area contributed by atoms with Crippen LogP contribution in [0.3, 0.4) is 0 Å². The Kier molecular flexibility index (Phi) is 2.91. The molecule has 0 N–H and O–H groups in total. The molecule has 0 radical (unpaired) electrons. The lowest BCUT2D eigenvalue weighted by Gasteiger charge is -2.24. The fourth-order valence-corrected chi connectivity index (χ4v) is 3.12. The van der Waals surface area contributed by atoms with E-state index in [-0.39, 0.29) is 10.7 Å². The molecule has 0 aromatic carbocycles. The number of carbonyl (C=O) groups excluding carboxylic acids is 1. The van der Waals surface area contributed by atoms with E-state index >= 15 is 0 Å². The molecule has 0 bridgehead atoms. The lowest BCUT2D eigenvalue weighted by Crippen LogP contribution is -2.38. The summed E-state index contributed by atoms with van der Waals surface area (Å²) < 4.78 is 0.262. The minimum absolute atomic E-state index is 0.0771. The van der Waals surface area contributed by atoms with E-state index in [1.165, 1.54) is 0 Å². The van der Waals surface area contributed by atoms with Crippen LogP contribution in [0.2, 0.25) is 0 Å². The fraction of sp³-hybridized carbons (Fsp3) is 0.833. The molecule has 1 heterocycles. The Morgan fingerprint density at radius 3 is 2.56 bits per heavy atom. The summed E-state index contributed by atoms with van der Waals surface area (Å²) in [7, 11) is 0. The van der Waals surface area contributed by atoms with Gasteiger partial charge >= 0.3 is 0 Å². The number of rotatable bonds is 1. The molecule has 4 heteroatoms. The van der Waals surface area contributed by atoms with Crippen LogP contribution < -0.4 is 0 Å². The number of carbonyl (C=O) groups is 1. The monoisotopic (exact) mass is 238 g/mol. The van der Waals surface area contributed by atoms with Crippen molar-refractivity contribution in [2.75, 3.05) is 18.8 Å². The van der Waals surface area contributed by atoms with Crippen molar-refractivity contribution in [3.8, 4) is 6.07 Å². The van der Waals surface area contributed by atoms with Crippen LogP contribution in [-0.4, -0.2) is 34.4 Å². The summed E-state index contributed by atoms with van der Waals surface area (Å²) in [5.74, 6) is 1.06. The van der Waals surface area contributed by atoms with Crippen molar-refractivity contribution in [3.05, 3.63) is 0 Å². The Hall–Kier alpha value is -0.690. The van der Waals surface area contributed by atoms with E-state index < -0.39 is 5.41 Å². The van der Waals surface area contributed by atoms with E-state index in [0.717, 1.165) is 38.1 Å². The molecule has 1 saturated carbocycles. The van der Waals surface area contributed by atoms with Crippen molar-refractivity contribution in [3.63, 3.8) is 0 Å². The third-order valence-corrected chi connectivity index (χ3v) is 4.87. The van der Waals surface area contributed by atoms with Crippen LogP contribution in [0.5, 0.6) is 0 Å². The number of nitriles is 1. The van der Waals surface area contributed by atoms with Gasteiger partial charge in [0.25, 0.3) is 0 Å². The van der Waals surface area contributed by atoms with Crippen molar-refractivity contribution in [1.29, 1.82) is 5.26 Å². The number of thioether (sulfide) groups is 1. The van der Waals surface area contributed by atoms with E-state index in [9.17, 15) is 4.79 Å². The van der Waals surface area contributed by atoms with E-state index in [4.69, 9.17) is 5.26 Å². The van der Waals surface area contributed by atoms with Crippen LogP contribution in [0.25, 0.3) is 0 Å². The zero-order valence-corrected chi connectivity index (χ0v) is 10.8. The Morgan fingerprint density at radius 2 is 2.00 bits per heavy atom. The summed E-state index contributed by atoms with van der Waals surface area (Å²) in [5, 5.41) is 9.03. The molecule has 1 saturated heterocycles. The van der Waals surface area contributed by atoms with Gasteiger partial charge in [0, 0.05) is 23.6 Å². The first-order valence-corrected chi connectivity index (χ1v) is 6.82. The van der Waals surface area contributed by atoms with Gasteiger partial charge in [-0.25, -0.2) is 0 Å². The van der Waals surface area contributed by atoms with Crippen LogP contribution in [0.4, 0.5) is 0 Å². The highest BCUT2D eigenvalue weighted by Gasteiger charge is 2.52. The molecule has 0 aromatic heterocycles. The van der Waals surface area contributed by atoms with Gasteiger partial charge in [0.2, 0.25) is 5.91 Å². The molecular weight excluding hydrogens is 220 g/mol. The molecule has 0 atom stereocenters. The molecule has 1 aliphatic heterocycles. The van der Waals surface area contributed by atoms with Crippen LogP contribution in [0.1, 0.15) is 33.1 Å². The largest absolute Gasteiger partial charge is 0.340 e. The van der Waals surface area contributed by atoms with E-state index in [0.29, 0.717) is 0 Å². The zero-order chi connectivity index (χ0) is 11.8. The summed E-state index contributed by atoms with van der Waals surface area (Å²) in [4.78, 5) is 14.1. The number of hydrogen-bond donors (Lipinski definition) is 0. The maximum absolute atomic E-state index is 12.2. The van der Waals surface area contributed by atoms with Crippen molar-refractivity contribution < 1.29 is 4.79 Å². The summed E-state index contributed by atoms with van der Waals surface area (Å²) in [6, 6.07) is 2.19.